The molecule has 1 aliphatic heterocycles. The van der Waals surface area contributed by atoms with Gasteiger partial charge in [0, 0.05) is 23.9 Å². The van der Waals surface area contributed by atoms with Gasteiger partial charge < -0.3 is 4.90 Å². The zero-order chi connectivity index (χ0) is 19.0. The molecule has 5 nitrogen and oxygen atoms in total. The topological polar surface area (TPSA) is 55.2 Å². The molecule has 4 rings (SSSR count). The minimum Gasteiger partial charge on any atom is -0.310 e. The van der Waals surface area contributed by atoms with Gasteiger partial charge in [-0.15, -0.1) is 0 Å². The first-order chi connectivity index (χ1) is 13.0. The molecule has 0 aliphatic carbocycles. The van der Waals surface area contributed by atoms with Gasteiger partial charge in [0.1, 0.15) is 6.54 Å². The molecule has 2 aromatic carbocycles. The molecule has 2 heterocycles. The van der Waals surface area contributed by atoms with E-state index in [4.69, 9.17) is 0 Å². The molecule has 5 heteroatoms. The number of amides is 1. The highest BCUT2D eigenvalue weighted by atomic mass is 16.2. The monoisotopic (exact) mass is 359 g/mol. The Labute approximate surface area is 157 Å². The maximum absolute atomic E-state index is 12.8. The van der Waals surface area contributed by atoms with Crippen LogP contribution in [0.3, 0.4) is 0 Å². The van der Waals surface area contributed by atoms with Crippen LogP contribution in [0.4, 0.5) is 5.69 Å². The predicted octanol–water partition coefficient (Wildman–Crippen LogP) is 3.12. The van der Waals surface area contributed by atoms with Crippen molar-refractivity contribution < 1.29 is 4.79 Å². The Morgan fingerprint density at radius 1 is 1.07 bits per heavy atom. The quantitative estimate of drug-likeness (QED) is 0.722. The summed E-state index contributed by atoms with van der Waals surface area (Å²) >= 11 is 0. The van der Waals surface area contributed by atoms with Crippen LogP contribution in [0.25, 0.3) is 11.3 Å². The Hall–Kier alpha value is -3.21. The summed E-state index contributed by atoms with van der Waals surface area (Å²) in [6, 6.07) is 17.2. The Balaban J connectivity index is 1.64. The minimum absolute atomic E-state index is 0.0636. The summed E-state index contributed by atoms with van der Waals surface area (Å²) in [7, 11) is 0. The number of carbonyl (C=O) groups excluding carboxylic acids is 1. The third-order valence-electron chi connectivity index (χ3n) is 5.01. The number of aryl methyl sites for hydroxylation is 2. The largest absolute Gasteiger partial charge is 0.310 e. The number of aromatic nitrogens is 2. The molecule has 0 unspecified atom stereocenters. The highest BCUT2D eigenvalue weighted by Crippen LogP contribution is 2.27. The summed E-state index contributed by atoms with van der Waals surface area (Å²) < 4.78 is 1.26. The van der Waals surface area contributed by atoms with Gasteiger partial charge in [-0.3, -0.25) is 9.59 Å². The molecule has 1 aliphatic rings. The second-order valence-electron chi connectivity index (χ2n) is 6.96. The maximum atomic E-state index is 12.8. The molecule has 0 fully saturated rings. The van der Waals surface area contributed by atoms with E-state index in [-0.39, 0.29) is 18.0 Å². The summed E-state index contributed by atoms with van der Waals surface area (Å²) in [4.78, 5) is 26.8. The summed E-state index contributed by atoms with van der Waals surface area (Å²) in [6.07, 6.45) is 0.840. The fourth-order valence-corrected chi connectivity index (χ4v) is 3.53. The summed E-state index contributed by atoms with van der Waals surface area (Å²) in [6.45, 7) is 4.61. The molecule has 1 amide bonds. The third-order valence-corrected chi connectivity index (χ3v) is 5.01. The van der Waals surface area contributed by atoms with E-state index in [1.807, 2.05) is 56.3 Å². The fourth-order valence-electron chi connectivity index (χ4n) is 3.53. The molecule has 0 radical (unpaired) electrons. The average Bonchev–Trinajstić information content (AvgIpc) is 3.10. The molecule has 0 N–H and O–H groups in total. The maximum Gasteiger partial charge on any atom is 0.267 e. The van der Waals surface area contributed by atoms with Crippen LogP contribution in [-0.4, -0.2) is 22.2 Å². The van der Waals surface area contributed by atoms with Gasteiger partial charge in [-0.05, 0) is 49.6 Å². The summed E-state index contributed by atoms with van der Waals surface area (Å²) in [5, 5.41) is 4.47. The normalized spacial score (nSPS) is 12.9. The molecule has 3 aromatic rings. The van der Waals surface area contributed by atoms with Crippen LogP contribution in [0.2, 0.25) is 0 Å². The highest BCUT2D eigenvalue weighted by Gasteiger charge is 2.24. The first-order valence-electron chi connectivity index (χ1n) is 9.07. The lowest BCUT2D eigenvalue weighted by atomic mass is 10.0. The van der Waals surface area contributed by atoms with E-state index >= 15 is 0 Å². The van der Waals surface area contributed by atoms with Crippen molar-refractivity contribution in [3.8, 4) is 11.3 Å². The van der Waals surface area contributed by atoms with Crippen LogP contribution in [0.1, 0.15) is 16.7 Å². The highest BCUT2D eigenvalue weighted by molar-refractivity contribution is 5.95. The number of rotatable bonds is 3. The number of hydrogen-bond acceptors (Lipinski definition) is 3. The lowest BCUT2D eigenvalue weighted by Gasteiger charge is -2.18. The van der Waals surface area contributed by atoms with Gasteiger partial charge >= 0.3 is 0 Å². The average molecular weight is 359 g/mol. The van der Waals surface area contributed by atoms with E-state index in [0.717, 1.165) is 34.4 Å². The van der Waals surface area contributed by atoms with Crippen molar-refractivity contribution in [1.29, 1.82) is 0 Å². The zero-order valence-electron chi connectivity index (χ0n) is 15.5. The van der Waals surface area contributed by atoms with Gasteiger partial charge in [-0.1, -0.05) is 35.9 Å². The van der Waals surface area contributed by atoms with Crippen LogP contribution in [0, 0.1) is 13.8 Å². The number of anilines is 1. The van der Waals surface area contributed by atoms with Crippen molar-refractivity contribution >= 4 is 11.6 Å². The van der Waals surface area contributed by atoms with Crippen LogP contribution in [0.5, 0.6) is 0 Å². The lowest BCUT2D eigenvalue weighted by Crippen LogP contribution is -2.36. The van der Waals surface area contributed by atoms with E-state index < -0.39 is 0 Å². The van der Waals surface area contributed by atoms with Crippen molar-refractivity contribution in [2.75, 3.05) is 11.4 Å². The molecule has 0 saturated carbocycles. The SMILES string of the molecule is Cc1ccc(C)c(-c2ccc(=O)n(CC(=O)N3CCc4ccccc43)n2)c1. The zero-order valence-corrected chi connectivity index (χ0v) is 15.5. The molecular weight excluding hydrogens is 338 g/mol. The van der Waals surface area contributed by atoms with E-state index in [0.29, 0.717) is 12.2 Å². The predicted molar refractivity (Wildman–Crippen MR) is 106 cm³/mol. The number of nitrogens with zero attached hydrogens (tertiary/aromatic N) is 3. The first kappa shape index (κ1) is 17.2. The Morgan fingerprint density at radius 3 is 2.74 bits per heavy atom. The smallest absolute Gasteiger partial charge is 0.267 e. The molecule has 1 aromatic heterocycles. The standard InChI is InChI=1S/C22H21N3O2/c1-15-7-8-16(2)18(13-15)19-9-10-21(26)25(23-19)14-22(27)24-12-11-17-5-3-4-6-20(17)24/h3-10,13H,11-12,14H2,1-2H3. The van der Waals surface area contributed by atoms with Crippen molar-refractivity contribution in [1.82, 2.24) is 9.78 Å². The van der Waals surface area contributed by atoms with E-state index in [1.54, 1.807) is 11.0 Å². The number of benzene rings is 2. The number of hydrogen-bond donors (Lipinski definition) is 0. The van der Waals surface area contributed by atoms with E-state index in [2.05, 4.69) is 5.10 Å². The van der Waals surface area contributed by atoms with Gasteiger partial charge in [-0.2, -0.15) is 5.10 Å². The van der Waals surface area contributed by atoms with Crippen molar-refractivity contribution in [3.63, 3.8) is 0 Å². The lowest BCUT2D eigenvalue weighted by molar-refractivity contribution is -0.119. The van der Waals surface area contributed by atoms with Crippen LogP contribution in [-0.2, 0) is 17.8 Å². The van der Waals surface area contributed by atoms with Crippen molar-refractivity contribution in [2.24, 2.45) is 0 Å². The van der Waals surface area contributed by atoms with Crippen molar-refractivity contribution in [3.05, 3.63) is 81.6 Å². The van der Waals surface area contributed by atoms with Gasteiger partial charge in [0.2, 0.25) is 5.91 Å². The van der Waals surface area contributed by atoms with Gasteiger partial charge in [0.25, 0.3) is 5.56 Å². The van der Waals surface area contributed by atoms with E-state index in [9.17, 15) is 9.59 Å². The fraction of sp³-hybridized carbons (Fsp3) is 0.227. The van der Waals surface area contributed by atoms with Gasteiger partial charge in [0.05, 0.1) is 5.69 Å². The molecule has 27 heavy (non-hydrogen) atoms. The number of fused-ring (bicyclic) bond motifs is 1. The van der Waals surface area contributed by atoms with Crippen LogP contribution >= 0.6 is 0 Å². The molecule has 0 atom stereocenters. The second-order valence-corrected chi connectivity index (χ2v) is 6.96. The second kappa shape index (κ2) is 6.83. The number of carbonyl (C=O) groups is 1. The van der Waals surface area contributed by atoms with Gasteiger partial charge in [-0.25, -0.2) is 4.68 Å². The summed E-state index contributed by atoms with van der Waals surface area (Å²) in [5.74, 6) is -0.118. The molecular formula is C22H21N3O2. The Morgan fingerprint density at radius 2 is 1.89 bits per heavy atom. The first-order valence-corrected chi connectivity index (χ1v) is 9.07. The van der Waals surface area contributed by atoms with Crippen LogP contribution in [0.15, 0.2) is 59.4 Å². The summed E-state index contributed by atoms with van der Waals surface area (Å²) in [5.41, 5.74) is 5.70. The molecule has 0 spiro atoms. The van der Waals surface area contributed by atoms with E-state index in [1.165, 1.54) is 10.7 Å². The van der Waals surface area contributed by atoms with Gasteiger partial charge in [0.15, 0.2) is 0 Å². The Bertz CT molecular complexity index is 1080. The van der Waals surface area contributed by atoms with Crippen molar-refractivity contribution in [2.45, 2.75) is 26.8 Å². The molecule has 0 bridgehead atoms. The molecule has 136 valence electrons. The minimum atomic E-state index is -0.273. The third kappa shape index (κ3) is 3.28. The Kier molecular flexibility index (Phi) is 4.36. The number of para-hydroxylation sites is 1. The molecule has 0 saturated heterocycles. The van der Waals surface area contributed by atoms with Crippen LogP contribution < -0.4 is 10.5 Å².